The van der Waals surface area contributed by atoms with Gasteiger partial charge in [-0.3, -0.25) is 4.98 Å². The molecular formula is C18H27NO. The van der Waals surface area contributed by atoms with Crippen LogP contribution in [0.2, 0.25) is 0 Å². The third-order valence-corrected chi connectivity index (χ3v) is 2.52. The van der Waals surface area contributed by atoms with Gasteiger partial charge in [0.15, 0.2) is 0 Å². The van der Waals surface area contributed by atoms with Crippen molar-refractivity contribution < 1.29 is 5.11 Å². The van der Waals surface area contributed by atoms with Gasteiger partial charge in [-0.25, -0.2) is 0 Å². The summed E-state index contributed by atoms with van der Waals surface area (Å²) in [7, 11) is 0. The molecule has 2 atom stereocenters. The summed E-state index contributed by atoms with van der Waals surface area (Å²) in [4.78, 5) is 4.23. The summed E-state index contributed by atoms with van der Waals surface area (Å²) in [6.07, 6.45) is 6.17. The number of aliphatic hydroxyl groups excluding tert-OH is 1. The molecule has 0 aliphatic carbocycles. The zero-order valence-electron chi connectivity index (χ0n) is 12.9. The van der Waals surface area contributed by atoms with Gasteiger partial charge in [-0.05, 0) is 17.7 Å². The van der Waals surface area contributed by atoms with Gasteiger partial charge in [0.05, 0.1) is 6.10 Å². The van der Waals surface area contributed by atoms with E-state index in [9.17, 15) is 5.11 Å². The second kappa shape index (κ2) is 13.5. The smallest absolute Gasteiger partial charge is 0.0870 e. The minimum atomic E-state index is -0.606. The minimum absolute atomic E-state index is 0.0644. The van der Waals surface area contributed by atoms with Crippen LogP contribution in [0.25, 0.3) is 0 Å². The first-order valence-electron chi connectivity index (χ1n) is 6.74. The van der Waals surface area contributed by atoms with Crippen molar-refractivity contribution in [2.75, 3.05) is 0 Å². The minimum Gasteiger partial charge on any atom is -0.388 e. The highest BCUT2D eigenvalue weighted by atomic mass is 16.3. The lowest BCUT2D eigenvalue weighted by Gasteiger charge is -2.19. The van der Waals surface area contributed by atoms with Crippen molar-refractivity contribution in [2.24, 2.45) is 0 Å². The van der Waals surface area contributed by atoms with Gasteiger partial charge in [0.2, 0.25) is 0 Å². The van der Waals surface area contributed by atoms with Gasteiger partial charge in [-0.2, -0.15) is 0 Å². The zero-order chi connectivity index (χ0) is 16.0. The second-order valence-electron chi connectivity index (χ2n) is 3.59. The summed E-state index contributed by atoms with van der Waals surface area (Å²) < 4.78 is 0. The van der Waals surface area contributed by atoms with Crippen LogP contribution < -0.4 is 0 Å². The Kier molecular flexibility index (Phi) is 13.8. The first-order valence-corrected chi connectivity index (χ1v) is 6.74. The largest absolute Gasteiger partial charge is 0.388 e. The molecule has 0 amide bonds. The summed E-state index contributed by atoms with van der Waals surface area (Å²) in [5.74, 6) is -0.0644. The fourth-order valence-corrected chi connectivity index (χ4v) is 1.52. The molecule has 0 bridgehead atoms. The average molecular weight is 273 g/mol. The predicted molar refractivity (Wildman–Crippen MR) is 89.7 cm³/mol. The van der Waals surface area contributed by atoms with Crippen molar-refractivity contribution in [3.05, 3.63) is 80.2 Å². The van der Waals surface area contributed by atoms with Crippen LogP contribution in [-0.4, -0.2) is 16.2 Å². The third-order valence-electron chi connectivity index (χ3n) is 2.52. The summed E-state index contributed by atoms with van der Waals surface area (Å²) in [5, 5.41) is 10.1. The van der Waals surface area contributed by atoms with Crippen molar-refractivity contribution in [1.82, 2.24) is 4.98 Å². The van der Waals surface area contributed by atoms with E-state index in [1.54, 1.807) is 24.4 Å². The van der Waals surface area contributed by atoms with Gasteiger partial charge in [0.1, 0.15) is 0 Å². The van der Waals surface area contributed by atoms with E-state index in [2.05, 4.69) is 31.3 Å². The molecule has 0 fully saturated rings. The third kappa shape index (κ3) is 6.86. The van der Waals surface area contributed by atoms with Crippen molar-refractivity contribution in [2.45, 2.75) is 32.8 Å². The lowest BCUT2D eigenvalue weighted by Crippen LogP contribution is -2.18. The molecule has 0 spiro atoms. The van der Waals surface area contributed by atoms with Crippen LogP contribution in [0.1, 0.15) is 32.4 Å². The normalized spacial score (nSPS) is 12.7. The van der Waals surface area contributed by atoms with E-state index >= 15 is 0 Å². The van der Waals surface area contributed by atoms with E-state index in [-0.39, 0.29) is 5.92 Å². The number of hydrogen-bond acceptors (Lipinski definition) is 2. The van der Waals surface area contributed by atoms with E-state index in [4.69, 9.17) is 0 Å². The Morgan fingerprint density at radius 1 is 1.25 bits per heavy atom. The number of aliphatic hydroxyl groups is 1. The number of allylic oxidation sites excluding steroid dienone is 2. The first-order chi connectivity index (χ1) is 9.70. The van der Waals surface area contributed by atoms with Crippen LogP contribution in [0.15, 0.2) is 74.5 Å². The number of pyridine rings is 1. The summed E-state index contributed by atoms with van der Waals surface area (Å²) in [5.41, 5.74) is 1.62. The lowest BCUT2D eigenvalue weighted by atomic mass is 9.93. The number of aromatic nitrogens is 1. The molecule has 0 aromatic carbocycles. The van der Waals surface area contributed by atoms with Crippen LogP contribution in [0.4, 0.5) is 0 Å². The van der Waals surface area contributed by atoms with Gasteiger partial charge in [-0.1, -0.05) is 58.2 Å². The maximum atomic E-state index is 10.1. The molecule has 0 aliphatic heterocycles. The van der Waals surface area contributed by atoms with Crippen LogP contribution in [-0.2, 0) is 0 Å². The lowest BCUT2D eigenvalue weighted by molar-refractivity contribution is 0.187. The molecule has 2 unspecified atom stereocenters. The average Bonchev–Trinajstić information content (AvgIpc) is 2.55. The van der Waals surface area contributed by atoms with Gasteiger partial charge >= 0.3 is 0 Å². The highest BCUT2D eigenvalue weighted by Crippen LogP contribution is 2.22. The molecule has 1 aromatic rings. The van der Waals surface area contributed by atoms with E-state index in [1.165, 1.54) is 0 Å². The maximum absolute atomic E-state index is 10.1. The molecule has 0 saturated carbocycles. The molecule has 20 heavy (non-hydrogen) atoms. The first kappa shape index (κ1) is 20.4. The molecule has 1 aromatic heterocycles. The topological polar surface area (TPSA) is 33.1 Å². The molecule has 0 aliphatic rings. The van der Waals surface area contributed by atoms with E-state index < -0.39 is 6.10 Å². The Balaban J connectivity index is 0. The highest BCUT2D eigenvalue weighted by molar-refractivity contribution is 5.28. The number of hydrogen-bond donors (Lipinski definition) is 1. The Labute approximate surface area is 123 Å². The Morgan fingerprint density at radius 2 is 1.85 bits per heavy atom. The van der Waals surface area contributed by atoms with Gasteiger partial charge in [-0.15, -0.1) is 13.2 Å². The number of nitrogens with zero attached hydrogens (tertiary/aromatic N) is 1. The molecule has 2 heteroatoms. The molecule has 1 N–H and O–H groups in total. The Bertz CT molecular complexity index is 395. The fraction of sp³-hybridized carbons (Fsp3) is 0.278. The summed E-state index contributed by atoms with van der Waals surface area (Å²) >= 11 is 0. The molecule has 0 radical (unpaired) electrons. The van der Waals surface area contributed by atoms with Gasteiger partial charge in [0.25, 0.3) is 0 Å². The Morgan fingerprint density at radius 3 is 2.25 bits per heavy atom. The predicted octanol–water partition coefficient (Wildman–Crippen LogP) is 4.67. The van der Waals surface area contributed by atoms with Gasteiger partial charge < -0.3 is 5.11 Å². The summed E-state index contributed by atoms with van der Waals surface area (Å²) in [6.45, 7) is 19.2. The molecule has 2 nitrogen and oxygen atoms in total. The second-order valence-corrected chi connectivity index (χ2v) is 3.59. The van der Waals surface area contributed by atoms with Crippen molar-refractivity contribution in [3.63, 3.8) is 0 Å². The van der Waals surface area contributed by atoms with Gasteiger partial charge in [0, 0.05) is 17.8 Å². The maximum Gasteiger partial charge on any atom is 0.0870 e. The highest BCUT2D eigenvalue weighted by Gasteiger charge is 2.19. The van der Waals surface area contributed by atoms with Crippen LogP contribution in [0, 0.1) is 0 Å². The number of rotatable bonds is 5. The summed E-state index contributed by atoms with van der Waals surface area (Å²) in [6, 6.07) is 5.68. The zero-order valence-corrected chi connectivity index (χ0v) is 12.9. The molecule has 110 valence electrons. The Hall–Kier alpha value is -1.93. The van der Waals surface area contributed by atoms with Crippen LogP contribution >= 0.6 is 0 Å². The van der Waals surface area contributed by atoms with Crippen molar-refractivity contribution in [1.29, 1.82) is 0 Å². The van der Waals surface area contributed by atoms with Crippen molar-refractivity contribution >= 4 is 0 Å². The SMILES string of the molecule is C=C.C=C/C=C(\C=C)C(O)C(C)c1ccccn1.CC. The monoisotopic (exact) mass is 273 g/mol. The molecular weight excluding hydrogens is 246 g/mol. The van der Waals surface area contributed by atoms with E-state index in [0.29, 0.717) is 0 Å². The van der Waals surface area contributed by atoms with E-state index in [1.807, 2.05) is 39.0 Å². The molecule has 0 saturated heterocycles. The quantitative estimate of drug-likeness (QED) is 0.624. The van der Waals surface area contributed by atoms with Crippen molar-refractivity contribution in [3.8, 4) is 0 Å². The molecule has 1 heterocycles. The van der Waals surface area contributed by atoms with E-state index in [0.717, 1.165) is 11.3 Å². The van der Waals surface area contributed by atoms with Crippen LogP contribution in [0.5, 0.6) is 0 Å². The standard InChI is InChI=1S/C14H17NO.C2H6.C2H4/c1-4-8-12(5-2)14(16)11(3)13-9-6-7-10-15-13;2*1-2/h4-11,14,16H,1-2H2,3H3;1-2H3;1-2H2/b12-8+;;. The fourth-order valence-electron chi connectivity index (χ4n) is 1.52. The molecule has 1 rings (SSSR count). The van der Waals surface area contributed by atoms with Crippen LogP contribution in [0.3, 0.4) is 0 Å².